The summed E-state index contributed by atoms with van der Waals surface area (Å²) >= 11 is 7.79. The zero-order valence-electron chi connectivity index (χ0n) is 11.4. The quantitative estimate of drug-likeness (QED) is 0.867. The number of thiazole rings is 1. The van der Waals surface area contributed by atoms with Gasteiger partial charge in [0.05, 0.1) is 15.6 Å². The zero-order chi connectivity index (χ0) is 13.2. The van der Waals surface area contributed by atoms with E-state index in [1.807, 2.05) is 23.5 Å². The van der Waals surface area contributed by atoms with E-state index in [9.17, 15) is 0 Å². The Labute approximate surface area is 135 Å². The molecule has 20 heavy (non-hydrogen) atoms. The van der Waals surface area contributed by atoms with Crippen molar-refractivity contribution in [3.63, 3.8) is 0 Å². The maximum absolute atomic E-state index is 5.95. The molecule has 0 spiro atoms. The summed E-state index contributed by atoms with van der Waals surface area (Å²) in [6, 6.07) is 8.05. The number of benzene rings is 1. The van der Waals surface area contributed by atoms with E-state index in [4.69, 9.17) is 16.6 Å². The number of halogens is 2. The van der Waals surface area contributed by atoms with Crippen LogP contribution in [0.5, 0.6) is 0 Å². The number of nitrogens with one attached hydrogen (secondary N) is 1. The van der Waals surface area contributed by atoms with Gasteiger partial charge >= 0.3 is 0 Å². The SMILES string of the molecule is Cc1nc(C2CCNCC2)sc1-c1ccc(Cl)cc1.Cl. The Morgan fingerprint density at radius 3 is 2.50 bits per heavy atom. The second-order valence-corrected chi connectivity index (χ2v) is 6.46. The van der Waals surface area contributed by atoms with Crippen LogP contribution in [0.3, 0.4) is 0 Å². The van der Waals surface area contributed by atoms with E-state index in [-0.39, 0.29) is 12.4 Å². The van der Waals surface area contributed by atoms with Crippen LogP contribution in [-0.2, 0) is 0 Å². The van der Waals surface area contributed by atoms with Gasteiger partial charge in [-0.15, -0.1) is 23.7 Å². The van der Waals surface area contributed by atoms with Gasteiger partial charge in [0, 0.05) is 10.9 Å². The van der Waals surface area contributed by atoms with Crippen LogP contribution < -0.4 is 5.32 Å². The van der Waals surface area contributed by atoms with Gasteiger partial charge in [-0.3, -0.25) is 0 Å². The van der Waals surface area contributed by atoms with Crippen LogP contribution in [0, 0.1) is 6.92 Å². The minimum atomic E-state index is 0. The summed E-state index contributed by atoms with van der Waals surface area (Å²) < 4.78 is 0. The molecule has 0 atom stereocenters. The monoisotopic (exact) mass is 328 g/mol. The largest absolute Gasteiger partial charge is 0.317 e. The minimum Gasteiger partial charge on any atom is -0.317 e. The first-order valence-electron chi connectivity index (χ1n) is 6.68. The number of aryl methyl sites for hydroxylation is 1. The maximum Gasteiger partial charge on any atom is 0.0966 e. The Balaban J connectivity index is 0.00000147. The molecule has 1 aliphatic rings. The lowest BCUT2D eigenvalue weighted by molar-refractivity contribution is 0.459. The molecule has 1 aromatic heterocycles. The Kier molecular flexibility index (Phi) is 5.44. The topological polar surface area (TPSA) is 24.9 Å². The van der Waals surface area contributed by atoms with Crippen LogP contribution in [0.4, 0.5) is 0 Å². The van der Waals surface area contributed by atoms with Crippen molar-refractivity contribution >= 4 is 35.3 Å². The molecule has 0 bridgehead atoms. The van der Waals surface area contributed by atoms with Crippen LogP contribution in [0.25, 0.3) is 10.4 Å². The summed E-state index contributed by atoms with van der Waals surface area (Å²) in [6.07, 6.45) is 2.40. The van der Waals surface area contributed by atoms with Crippen molar-refractivity contribution in [1.29, 1.82) is 0 Å². The number of piperidine rings is 1. The summed E-state index contributed by atoms with van der Waals surface area (Å²) in [5, 5.41) is 5.48. The van der Waals surface area contributed by atoms with Crippen molar-refractivity contribution in [2.24, 2.45) is 0 Å². The van der Waals surface area contributed by atoms with Gasteiger partial charge in [0.15, 0.2) is 0 Å². The lowest BCUT2D eigenvalue weighted by atomic mass is 9.99. The molecule has 5 heteroatoms. The van der Waals surface area contributed by atoms with E-state index < -0.39 is 0 Å². The molecule has 1 fully saturated rings. The molecule has 2 aromatic rings. The summed E-state index contributed by atoms with van der Waals surface area (Å²) in [7, 11) is 0. The summed E-state index contributed by atoms with van der Waals surface area (Å²) in [5.74, 6) is 0.631. The van der Waals surface area contributed by atoms with Gasteiger partial charge in [0.25, 0.3) is 0 Å². The molecule has 1 saturated heterocycles. The average Bonchev–Trinajstić information content (AvgIpc) is 2.83. The highest BCUT2D eigenvalue weighted by molar-refractivity contribution is 7.15. The Hall–Kier alpha value is -0.610. The Morgan fingerprint density at radius 2 is 1.85 bits per heavy atom. The highest BCUT2D eigenvalue weighted by atomic mass is 35.5. The van der Waals surface area contributed by atoms with E-state index in [1.165, 1.54) is 28.3 Å². The Bertz CT molecular complexity index is 560. The molecule has 0 unspecified atom stereocenters. The predicted octanol–water partition coefficient (Wildman–Crippen LogP) is 4.66. The predicted molar refractivity (Wildman–Crippen MR) is 89.4 cm³/mol. The molecule has 108 valence electrons. The maximum atomic E-state index is 5.95. The minimum absolute atomic E-state index is 0. The molecule has 0 saturated carbocycles. The molecule has 2 nitrogen and oxygen atoms in total. The van der Waals surface area contributed by atoms with Crippen molar-refractivity contribution in [1.82, 2.24) is 10.3 Å². The van der Waals surface area contributed by atoms with Crippen LogP contribution in [0.2, 0.25) is 5.02 Å². The van der Waals surface area contributed by atoms with E-state index in [1.54, 1.807) is 0 Å². The standard InChI is InChI=1S/C15H17ClN2S.ClH/c1-10-14(11-2-4-13(16)5-3-11)19-15(18-10)12-6-8-17-9-7-12;/h2-5,12,17H,6-9H2,1H3;1H. The third kappa shape index (κ3) is 3.34. The van der Waals surface area contributed by atoms with E-state index in [0.717, 1.165) is 23.8 Å². The molecular formula is C15H18Cl2N2S. The fourth-order valence-corrected chi connectivity index (χ4v) is 3.90. The van der Waals surface area contributed by atoms with Crippen molar-refractivity contribution < 1.29 is 0 Å². The summed E-state index contributed by atoms with van der Waals surface area (Å²) in [5.41, 5.74) is 2.36. The van der Waals surface area contributed by atoms with Gasteiger partial charge in [-0.05, 0) is 50.6 Å². The van der Waals surface area contributed by atoms with Crippen LogP contribution in [-0.4, -0.2) is 18.1 Å². The third-order valence-corrected chi connectivity index (χ3v) is 5.23. The highest BCUT2D eigenvalue weighted by Gasteiger charge is 2.20. The van der Waals surface area contributed by atoms with E-state index >= 15 is 0 Å². The molecule has 3 rings (SSSR count). The molecule has 0 radical (unpaired) electrons. The van der Waals surface area contributed by atoms with E-state index in [2.05, 4.69) is 24.4 Å². The lowest BCUT2D eigenvalue weighted by Crippen LogP contribution is -2.26. The number of rotatable bonds is 2. The normalized spacial score (nSPS) is 15.9. The summed E-state index contributed by atoms with van der Waals surface area (Å²) in [6.45, 7) is 4.32. The first-order chi connectivity index (χ1) is 9.24. The second-order valence-electron chi connectivity index (χ2n) is 5.00. The summed E-state index contributed by atoms with van der Waals surface area (Å²) in [4.78, 5) is 6.07. The van der Waals surface area contributed by atoms with Crippen molar-refractivity contribution in [3.8, 4) is 10.4 Å². The van der Waals surface area contributed by atoms with Crippen molar-refractivity contribution in [2.45, 2.75) is 25.7 Å². The van der Waals surface area contributed by atoms with Gasteiger partial charge in [0.2, 0.25) is 0 Å². The van der Waals surface area contributed by atoms with Gasteiger partial charge in [-0.2, -0.15) is 0 Å². The first kappa shape index (κ1) is 15.8. The van der Waals surface area contributed by atoms with Gasteiger partial charge in [0.1, 0.15) is 0 Å². The zero-order valence-corrected chi connectivity index (χ0v) is 13.7. The van der Waals surface area contributed by atoms with E-state index in [0.29, 0.717) is 5.92 Å². The average molecular weight is 329 g/mol. The smallest absolute Gasteiger partial charge is 0.0966 e. The molecule has 0 aliphatic carbocycles. The number of aromatic nitrogens is 1. The molecule has 1 N–H and O–H groups in total. The molecule has 2 heterocycles. The van der Waals surface area contributed by atoms with Gasteiger partial charge in [-0.25, -0.2) is 4.98 Å². The second kappa shape index (κ2) is 6.90. The first-order valence-corrected chi connectivity index (χ1v) is 7.87. The van der Waals surface area contributed by atoms with Crippen LogP contribution >= 0.6 is 35.3 Å². The Morgan fingerprint density at radius 1 is 1.20 bits per heavy atom. The number of hydrogen-bond acceptors (Lipinski definition) is 3. The molecule has 1 aliphatic heterocycles. The number of nitrogens with zero attached hydrogens (tertiary/aromatic N) is 1. The van der Waals surface area contributed by atoms with Crippen LogP contribution in [0.15, 0.2) is 24.3 Å². The third-order valence-electron chi connectivity index (χ3n) is 3.61. The molecular weight excluding hydrogens is 311 g/mol. The number of hydrogen-bond donors (Lipinski definition) is 1. The molecule has 0 amide bonds. The lowest BCUT2D eigenvalue weighted by Gasteiger charge is -2.20. The fraction of sp³-hybridized carbons (Fsp3) is 0.400. The van der Waals surface area contributed by atoms with Crippen molar-refractivity contribution in [3.05, 3.63) is 40.0 Å². The van der Waals surface area contributed by atoms with Crippen molar-refractivity contribution in [2.75, 3.05) is 13.1 Å². The molecule has 1 aromatic carbocycles. The van der Waals surface area contributed by atoms with Gasteiger partial charge < -0.3 is 5.32 Å². The van der Waals surface area contributed by atoms with Gasteiger partial charge in [-0.1, -0.05) is 23.7 Å². The highest BCUT2D eigenvalue weighted by Crippen LogP contribution is 2.36. The van der Waals surface area contributed by atoms with Crippen LogP contribution in [0.1, 0.15) is 29.5 Å². The fourth-order valence-electron chi connectivity index (χ4n) is 2.53.